The van der Waals surface area contributed by atoms with E-state index >= 15 is 0 Å². The van der Waals surface area contributed by atoms with Gasteiger partial charge in [-0.15, -0.1) is 0 Å². The average molecular weight is 281 g/mol. The molecule has 2 heterocycles. The molecule has 0 aliphatic carbocycles. The molecule has 0 aliphatic heterocycles. The third-order valence-corrected chi connectivity index (χ3v) is 3.23. The molecule has 1 aromatic carbocycles. The zero-order valence-electron chi connectivity index (χ0n) is 11.4. The monoisotopic (exact) mass is 281 g/mol. The van der Waals surface area contributed by atoms with E-state index in [0.717, 1.165) is 25.0 Å². The van der Waals surface area contributed by atoms with E-state index in [1.807, 2.05) is 18.2 Å². The highest BCUT2D eigenvalue weighted by Gasteiger charge is 2.06. The molecule has 6 nitrogen and oxygen atoms in total. The summed E-state index contributed by atoms with van der Waals surface area (Å²) in [6, 6.07) is 10.3. The minimum absolute atomic E-state index is 0.0586. The van der Waals surface area contributed by atoms with Crippen molar-refractivity contribution in [3.8, 4) is 0 Å². The second kappa shape index (κ2) is 5.70. The Bertz CT molecular complexity index is 813. The molecular weight excluding hydrogens is 266 g/mol. The maximum atomic E-state index is 11.6. The molecule has 0 unspecified atom stereocenters. The Kier molecular flexibility index (Phi) is 3.59. The van der Waals surface area contributed by atoms with Crippen LogP contribution < -0.4 is 11.3 Å². The van der Waals surface area contributed by atoms with Gasteiger partial charge in [-0.25, -0.2) is 9.97 Å². The molecule has 0 atom stereocenters. The van der Waals surface area contributed by atoms with Crippen molar-refractivity contribution in [3.05, 3.63) is 58.1 Å². The third kappa shape index (κ3) is 3.05. The predicted molar refractivity (Wildman–Crippen MR) is 80.8 cm³/mol. The van der Waals surface area contributed by atoms with E-state index in [-0.39, 0.29) is 17.0 Å². The lowest BCUT2D eigenvalue weighted by Gasteiger charge is -2.03. The number of nitrogens with one attached hydrogen (secondary N) is 1. The number of rotatable bonds is 4. The van der Waals surface area contributed by atoms with E-state index in [4.69, 9.17) is 5.73 Å². The van der Waals surface area contributed by atoms with Gasteiger partial charge < -0.3 is 5.73 Å². The first kappa shape index (κ1) is 13.2. The molecule has 0 radical (unpaired) electrons. The van der Waals surface area contributed by atoms with Crippen LogP contribution in [0.3, 0.4) is 0 Å². The Labute approximate surface area is 121 Å². The van der Waals surface area contributed by atoms with Crippen LogP contribution in [0, 0.1) is 0 Å². The molecule has 6 heteroatoms. The number of H-pyrrole nitrogens is 1. The van der Waals surface area contributed by atoms with Crippen LogP contribution in [0.1, 0.15) is 17.7 Å². The van der Waals surface area contributed by atoms with Crippen molar-refractivity contribution in [2.75, 3.05) is 5.73 Å². The van der Waals surface area contributed by atoms with E-state index in [2.05, 4.69) is 32.1 Å². The highest BCUT2D eigenvalue weighted by Crippen LogP contribution is 2.08. The van der Waals surface area contributed by atoms with Gasteiger partial charge in [-0.2, -0.15) is 4.98 Å². The van der Waals surface area contributed by atoms with Crippen molar-refractivity contribution in [2.45, 2.75) is 19.3 Å². The zero-order chi connectivity index (χ0) is 14.7. The summed E-state index contributed by atoms with van der Waals surface area (Å²) in [5.41, 5.74) is 7.79. The first-order valence-corrected chi connectivity index (χ1v) is 6.78. The van der Waals surface area contributed by atoms with E-state index in [1.54, 1.807) is 6.20 Å². The van der Waals surface area contributed by atoms with Gasteiger partial charge in [0, 0.05) is 6.20 Å². The number of aromatic amines is 1. The SMILES string of the molecule is Nc1nc2nc(CCCc3ccccc3)cnc2c(=O)[nH]1. The maximum absolute atomic E-state index is 11.6. The van der Waals surface area contributed by atoms with Crippen LogP contribution in [-0.2, 0) is 12.8 Å². The van der Waals surface area contributed by atoms with Crippen molar-refractivity contribution in [3.63, 3.8) is 0 Å². The van der Waals surface area contributed by atoms with E-state index in [0.29, 0.717) is 5.65 Å². The summed E-state index contributed by atoms with van der Waals surface area (Å²) in [5.74, 6) is 0.0586. The number of anilines is 1. The normalized spacial score (nSPS) is 10.9. The van der Waals surface area contributed by atoms with Crippen molar-refractivity contribution in [1.82, 2.24) is 19.9 Å². The maximum Gasteiger partial charge on any atom is 0.280 e. The number of hydrogen-bond acceptors (Lipinski definition) is 5. The standard InChI is InChI=1S/C15H15N5O/c16-15-19-13-12(14(21)20-15)17-9-11(18-13)8-4-7-10-5-2-1-3-6-10/h1-3,5-6,9H,4,7-8H2,(H3,16,18,19,20,21). The summed E-state index contributed by atoms with van der Waals surface area (Å²) in [7, 11) is 0. The summed E-state index contributed by atoms with van der Waals surface area (Å²) in [6.07, 6.45) is 4.35. The number of hydrogen-bond donors (Lipinski definition) is 2. The van der Waals surface area contributed by atoms with Gasteiger partial charge in [-0.05, 0) is 24.8 Å². The number of nitrogens with zero attached hydrogens (tertiary/aromatic N) is 3. The smallest absolute Gasteiger partial charge is 0.280 e. The molecule has 3 rings (SSSR count). The van der Waals surface area contributed by atoms with Crippen molar-refractivity contribution >= 4 is 17.1 Å². The molecule has 3 aromatic rings. The number of fused-ring (bicyclic) bond motifs is 1. The van der Waals surface area contributed by atoms with Crippen molar-refractivity contribution in [2.24, 2.45) is 0 Å². The number of aryl methyl sites for hydroxylation is 2. The quantitative estimate of drug-likeness (QED) is 0.754. The molecule has 0 spiro atoms. The van der Waals surface area contributed by atoms with Crippen LogP contribution in [0.15, 0.2) is 41.3 Å². The Morgan fingerprint density at radius 2 is 1.90 bits per heavy atom. The molecule has 0 saturated heterocycles. The van der Waals surface area contributed by atoms with Crippen LogP contribution in [0.2, 0.25) is 0 Å². The van der Waals surface area contributed by atoms with Gasteiger partial charge in [0.2, 0.25) is 5.95 Å². The first-order valence-electron chi connectivity index (χ1n) is 6.78. The van der Waals surface area contributed by atoms with Crippen LogP contribution >= 0.6 is 0 Å². The van der Waals surface area contributed by atoms with E-state index in [1.165, 1.54) is 5.56 Å². The average Bonchev–Trinajstić information content (AvgIpc) is 2.48. The minimum atomic E-state index is -0.360. The van der Waals surface area contributed by atoms with Crippen LogP contribution in [0.5, 0.6) is 0 Å². The predicted octanol–water partition coefficient (Wildman–Crippen LogP) is 1.47. The number of nitrogen functional groups attached to an aromatic ring is 1. The fraction of sp³-hybridized carbons (Fsp3) is 0.200. The molecule has 2 aromatic heterocycles. The molecule has 0 amide bonds. The molecule has 21 heavy (non-hydrogen) atoms. The van der Waals surface area contributed by atoms with Gasteiger partial charge in [-0.3, -0.25) is 9.78 Å². The number of aromatic nitrogens is 4. The second-order valence-corrected chi connectivity index (χ2v) is 4.82. The lowest BCUT2D eigenvalue weighted by atomic mass is 10.1. The summed E-state index contributed by atoms with van der Waals surface area (Å²) < 4.78 is 0. The lowest BCUT2D eigenvalue weighted by molar-refractivity contribution is 0.797. The fourth-order valence-corrected chi connectivity index (χ4v) is 2.21. The molecule has 0 aliphatic rings. The van der Waals surface area contributed by atoms with Crippen LogP contribution in [0.25, 0.3) is 11.2 Å². The molecule has 106 valence electrons. The second-order valence-electron chi connectivity index (χ2n) is 4.82. The molecular formula is C15H15N5O. The lowest BCUT2D eigenvalue weighted by Crippen LogP contribution is -2.14. The minimum Gasteiger partial charge on any atom is -0.369 e. The van der Waals surface area contributed by atoms with Crippen molar-refractivity contribution < 1.29 is 0 Å². The topological polar surface area (TPSA) is 97.5 Å². The Morgan fingerprint density at radius 3 is 2.71 bits per heavy atom. The highest BCUT2D eigenvalue weighted by atomic mass is 16.1. The van der Waals surface area contributed by atoms with Gasteiger partial charge in [-0.1, -0.05) is 30.3 Å². The number of nitrogens with two attached hydrogens (primary N) is 1. The van der Waals surface area contributed by atoms with Crippen LogP contribution in [-0.4, -0.2) is 19.9 Å². The van der Waals surface area contributed by atoms with E-state index in [9.17, 15) is 4.79 Å². The zero-order valence-corrected chi connectivity index (χ0v) is 11.4. The Hall–Kier alpha value is -2.76. The molecule has 0 fully saturated rings. The summed E-state index contributed by atoms with van der Waals surface area (Å²) >= 11 is 0. The first-order chi connectivity index (χ1) is 10.2. The van der Waals surface area contributed by atoms with Crippen molar-refractivity contribution in [1.29, 1.82) is 0 Å². The van der Waals surface area contributed by atoms with Gasteiger partial charge in [0.05, 0.1) is 5.69 Å². The summed E-state index contributed by atoms with van der Waals surface area (Å²) in [4.78, 5) is 26.5. The molecule has 0 saturated carbocycles. The van der Waals surface area contributed by atoms with Crippen LogP contribution in [0.4, 0.5) is 5.95 Å². The van der Waals surface area contributed by atoms with Gasteiger partial charge in [0.1, 0.15) is 0 Å². The Morgan fingerprint density at radius 1 is 1.10 bits per heavy atom. The largest absolute Gasteiger partial charge is 0.369 e. The Balaban J connectivity index is 1.74. The summed E-state index contributed by atoms with van der Waals surface area (Å²) in [5, 5.41) is 0. The van der Waals surface area contributed by atoms with Gasteiger partial charge >= 0.3 is 0 Å². The molecule has 3 N–H and O–H groups in total. The molecule has 0 bridgehead atoms. The highest BCUT2D eigenvalue weighted by molar-refractivity contribution is 5.69. The fourth-order valence-electron chi connectivity index (χ4n) is 2.21. The van der Waals surface area contributed by atoms with Gasteiger partial charge in [0.25, 0.3) is 5.56 Å². The van der Waals surface area contributed by atoms with Gasteiger partial charge in [0.15, 0.2) is 11.2 Å². The summed E-state index contributed by atoms with van der Waals surface area (Å²) in [6.45, 7) is 0. The number of benzene rings is 1. The van der Waals surface area contributed by atoms with E-state index < -0.39 is 0 Å². The third-order valence-electron chi connectivity index (χ3n) is 3.23.